The zero-order chi connectivity index (χ0) is 62.3. The van der Waals surface area contributed by atoms with Gasteiger partial charge in [-0.05, 0) is 105 Å². The summed E-state index contributed by atoms with van der Waals surface area (Å²) in [6, 6.07) is 105. The van der Waals surface area contributed by atoms with Gasteiger partial charge in [0, 0.05) is 60.6 Å². The molecule has 8 heteroatoms. The van der Waals surface area contributed by atoms with Crippen molar-refractivity contribution in [2.75, 3.05) is 0 Å². The van der Waals surface area contributed by atoms with Crippen molar-refractivity contribution < 1.29 is 0 Å². The Balaban J connectivity index is 0.000000111. The molecule has 0 spiro atoms. The third-order valence-corrected chi connectivity index (χ3v) is 15.5. The molecule has 0 aliphatic heterocycles. The van der Waals surface area contributed by atoms with E-state index in [1.165, 1.54) is 44.2 Å². The fourth-order valence-corrected chi connectivity index (χ4v) is 11.1. The second-order valence-electron chi connectivity index (χ2n) is 22.0. The number of hydrogen-bond acceptors (Lipinski definition) is 8. The van der Waals surface area contributed by atoms with Crippen molar-refractivity contribution in [2.45, 2.75) is 34.6 Å². The highest BCUT2D eigenvalue weighted by Crippen LogP contribution is 2.32. The Morgan fingerprint density at radius 3 is 1.09 bits per heavy atom. The van der Waals surface area contributed by atoms with Crippen LogP contribution in [0.2, 0.25) is 0 Å². The number of aromatic nitrogens is 8. The zero-order valence-corrected chi connectivity index (χ0v) is 51.5. The van der Waals surface area contributed by atoms with Crippen LogP contribution >= 0.6 is 0 Å². The molecular weight excluding hydrogens is 1110 g/mol. The van der Waals surface area contributed by atoms with Crippen molar-refractivity contribution in [1.29, 1.82) is 0 Å². The van der Waals surface area contributed by atoms with Crippen LogP contribution < -0.4 is 0 Å². The molecule has 0 amide bonds. The van der Waals surface area contributed by atoms with Gasteiger partial charge in [-0.1, -0.05) is 267 Å². The summed E-state index contributed by atoms with van der Waals surface area (Å²) >= 11 is 0. The van der Waals surface area contributed by atoms with Gasteiger partial charge in [0.25, 0.3) is 0 Å². The number of nitrogens with zero attached hydrogens (tertiary/aromatic N) is 8. The van der Waals surface area contributed by atoms with Gasteiger partial charge < -0.3 is 0 Å². The third kappa shape index (κ3) is 14.5. The summed E-state index contributed by atoms with van der Waals surface area (Å²) in [5.74, 6) is 2.40. The fraction of sp³-hybridized carbons (Fsp3) is 0.0602. The summed E-state index contributed by atoms with van der Waals surface area (Å²) in [6.45, 7) is 10.1. The van der Waals surface area contributed by atoms with Gasteiger partial charge in [-0.15, -0.1) is 0 Å². The minimum absolute atomic E-state index is 0.793. The molecule has 0 aliphatic carbocycles. The van der Waals surface area contributed by atoms with Crippen LogP contribution in [0.5, 0.6) is 0 Å². The number of hydrogen-bond donors (Lipinski definition) is 0. The number of fused-ring (bicyclic) bond motifs is 5. The lowest BCUT2D eigenvalue weighted by Gasteiger charge is -2.08. The molecule has 0 saturated carbocycles. The monoisotopic (exact) mass is 1170 g/mol. The van der Waals surface area contributed by atoms with Gasteiger partial charge in [0.05, 0.1) is 44.7 Å². The topological polar surface area (TPSA) is 103 Å². The summed E-state index contributed by atoms with van der Waals surface area (Å²) in [7, 11) is 0. The number of para-hydroxylation sites is 5. The number of rotatable bonds is 6. The maximum absolute atomic E-state index is 4.71. The van der Waals surface area contributed by atoms with Gasteiger partial charge in [-0.3, -0.25) is 4.98 Å². The number of benzene rings is 11. The van der Waals surface area contributed by atoms with Crippen molar-refractivity contribution in [1.82, 2.24) is 39.9 Å². The third-order valence-electron chi connectivity index (χ3n) is 15.5. The molecule has 0 radical (unpaired) electrons. The van der Waals surface area contributed by atoms with E-state index in [2.05, 4.69) is 206 Å². The van der Waals surface area contributed by atoms with Crippen molar-refractivity contribution >= 4 is 54.5 Å². The first-order valence-corrected chi connectivity index (χ1v) is 30.5. The Morgan fingerprint density at radius 2 is 0.571 bits per heavy atom. The highest BCUT2D eigenvalue weighted by atomic mass is 14.9. The lowest BCUT2D eigenvalue weighted by Crippen LogP contribution is -1.93. The predicted molar refractivity (Wildman–Crippen MR) is 378 cm³/mol. The average Bonchev–Trinajstić information content (AvgIpc) is 1.30. The highest BCUT2D eigenvalue weighted by Gasteiger charge is 2.11. The van der Waals surface area contributed by atoms with Gasteiger partial charge >= 0.3 is 0 Å². The van der Waals surface area contributed by atoms with E-state index in [1.807, 2.05) is 173 Å². The van der Waals surface area contributed by atoms with E-state index >= 15 is 0 Å². The fourth-order valence-electron chi connectivity index (χ4n) is 11.1. The average molecular weight is 1180 g/mol. The molecule has 16 rings (SSSR count). The molecular formula is C83H66N8. The molecule has 11 aromatic carbocycles. The molecule has 91 heavy (non-hydrogen) atoms. The van der Waals surface area contributed by atoms with E-state index in [0.717, 1.165) is 106 Å². The normalized spacial score (nSPS) is 10.7. The Morgan fingerprint density at radius 1 is 0.220 bits per heavy atom. The van der Waals surface area contributed by atoms with Crippen LogP contribution in [-0.4, -0.2) is 39.9 Å². The van der Waals surface area contributed by atoms with Gasteiger partial charge in [0.2, 0.25) is 0 Å². The molecule has 0 atom stereocenters. The van der Waals surface area contributed by atoms with E-state index in [0.29, 0.717) is 0 Å². The van der Waals surface area contributed by atoms with Crippen molar-refractivity contribution in [3.05, 3.63) is 338 Å². The van der Waals surface area contributed by atoms with Crippen LogP contribution in [0.25, 0.3) is 122 Å². The minimum atomic E-state index is 0.793. The maximum Gasteiger partial charge on any atom is 0.160 e. The van der Waals surface area contributed by atoms with Crippen LogP contribution in [0.3, 0.4) is 0 Å². The van der Waals surface area contributed by atoms with Crippen molar-refractivity contribution in [2.24, 2.45) is 0 Å². The molecule has 5 aromatic heterocycles. The molecule has 438 valence electrons. The summed E-state index contributed by atoms with van der Waals surface area (Å²) in [6.07, 6.45) is 0. The summed E-state index contributed by atoms with van der Waals surface area (Å²) < 4.78 is 0. The number of pyridine rings is 2. The van der Waals surface area contributed by atoms with Gasteiger partial charge in [0.1, 0.15) is 11.6 Å². The standard InChI is InChI=1S/C21H16N2.2C16H13N.2C15H12N2/c1-15-22-20-10-6-5-9-19(20)21(23-15)18-13-11-17(12-14-18)16-7-3-2-4-8-16;1-12-11-15(13-7-3-2-4-8-13)14-9-5-6-10-16(14)17-12;1-12-11-16(13-7-3-2-4-8-13)17-15-10-6-5-9-14(12)15;1-11-16-14-10-6-5-9-13(14)15(17-11)12-7-3-2-4-8-12;1-11-13-9-5-6-10-14(13)17-15(16-11)12-7-3-2-4-8-12/h2-14H,1H3;2*2-11H,1H3;2*2-10H,1H3. The quantitative estimate of drug-likeness (QED) is 0.162. The minimum Gasteiger partial charge on any atom is -0.253 e. The van der Waals surface area contributed by atoms with E-state index in [4.69, 9.17) is 4.98 Å². The van der Waals surface area contributed by atoms with Crippen LogP contribution in [0.4, 0.5) is 0 Å². The molecule has 0 bridgehead atoms. The first-order valence-electron chi connectivity index (χ1n) is 30.5. The summed E-state index contributed by atoms with van der Waals surface area (Å²) in [5, 5.41) is 5.75. The molecule has 5 heterocycles. The molecule has 0 unspecified atom stereocenters. The Labute approximate surface area is 531 Å². The van der Waals surface area contributed by atoms with E-state index < -0.39 is 0 Å². The Bertz CT molecular complexity index is 4830. The predicted octanol–water partition coefficient (Wildman–Crippen LogP) is 20.9. The van der Waals surface area contributed by atoms with Crippen molar-refractivity contribution in [3.8, 4) is 67.4 Å². The van der Waals surface area contributed by atoms with E-state index in [-0.39, 0.29) is 0 Å². The molecule has 0 N–H and O–H groups in total. The SMILES string of the molecule is Cc1cc(-c2ccccc2)c2ccccc2n1.Cc1cc(-c2ccccc2)nc2ccccc12.Cc1nc(-c2ccc(-c3ccccc3)cc2)c2ccccc2n1.Cc1nc(-c2ccccc2)c2ccccc2n1.Cc1nc(-c2ccccc2)nc2ccccc12. The highest BCUT2D eigenvalue weighted by molar-refractivity contribution is 5.96. The summed E-state index contributed by atoms with van der Waals surface area (Å²) in [4.78, 5) is 36.6. The second-order valence-corrected chi connectivity index (χ2v) is 22.0. The van der Waals surface area contributed by atoms with Gasteiger partial charge in [-0.2, -0.15) is 0 Å². The molecule has 16 aromatic rings. The number of aryl methyl sites for hydroxylation is 5. The maximum atomic E-state index is 4.71. The molecule has 8 nitrogen and oxygen atoms in total. The molecule has 0 saturated heterocycles. The largest absolute Gasteiger partial charge is 0.253 e. The smallest absolute Gasteiger partial charge is 0.160 e. The lowest BCUT2D eigenvalue weighted by atomic mass is 10.0. The van der Waals surface area contributed by atoms with E-state index in [1.54, 1.807) is 0 Å². The van der Waals surface area contributed by atoms with Crippen LogP contribution in [0.1, 0.15) is 28.6 Å². The van der Waals surface area contributed by atoms with Crippen molar-refractivity contribution in [3.63, 3.8) is 0 Å². The Hall–Kier alpha value is -11.7. The molecule has 0 aliphatic rings. The van der Waals surface area contributed by atoms with Crippen LogP contribution in [-0.2, 0) is 0 Å². The van der Waals surface area contributed by atoms with Crippen LogP contribution in [0, 0.1) is 34.6 Å². The van der Waals surface area contributed by atoms with E-state index in [9.17, 15) is 0 Å². The zero-order valence-electron chi connectivity index (χ0n) is 51.5. The summed E-state index contributed by atoms with van der Waals surface area (Å²) in [5.41, 5.74) is 20.9. The Kier molecular flexibility index (Phi) is 18.6. The lowest BCUT2D eigenvalue weighted by molar-refractivity contribution is 1.10. The van der Waals surface area contributed by atoms with Gasteiger partial charge in [-0.25, -0.2) is 34.9 Å². The first-order chi connectivity index (χ1) is 44.7. The molecule has 0 fully saturated rings. The van der Waals surface area contributed by atoms with Gasteiger partial charge in [0.15, 0.2) is 5.82 Å². The van der Waals surface area contributed by atoms with Crippen LogP contribution in [0.15, 0.2) is 309 Å². The second kappa shape index (κ2) is 28.4. The first kappa shape index (κ1) is 59.6.